The Morgan fingerprint density at radius 1 is 1.13 bits per heavy atom. The van der Waals surface area contributed by atoms with Crippen LogP contribution in [0.25, 0.3) is 10.9 Å². The lowest BCUT2D eigenvalue weighted by molar-refractivity contribution is -0.125. The number of amides is 1. The Labute approximate surface area is 176 Å². The fourth-order valence-electron chi connectivity index (χ4n) is 4.31. The zero-order chi connectivity index (χ0) is 21.1. The quantitative estimate of drug-likeness (QED) is 0.640. The van der Waals surface area contributed by atoms with Crippen molar-refractivity contribution in [1.82, 2.24) is 10.3 Å². The summed E-state index contributed by atoms with van der Waals surface area (Å²) in [7, 11) is 0. The van der Waals surface area contributed by atoms with Crippen molar-refractivity contribution in [1.29, 1.82) is 0 Å². The van der Waals surface area contributed by atoms with Crippen LogP contribution in [0.4, 0.5) is 0 Å². The van der Waals surface area contributed by atoms with E-state index >= 15 is 0 Å². The van der Waals surface area contributed by atoms with E-state index in [0.29, 0.717) is 5.56 Å². The number of para-hydroxylation sites is 1. The van der Waals surface area contributed by atoms with Crippen molar-refractivity contribution < 1.29 is 14.3 Å². The van der Waals surface area contributed by atoms with Crippen LogP contribution in [0.2, 0.25) is 0 Å². The number of ether oxygens (including phenoxy) is 1. The first-order valence-corrected chi connectivity index (χ1v) is 10.5. The Hall–Kier alpha value is -3.21. The van der Waals surface area contributed by atoms with Gasteiger partial charge in [-0.3, -0.25) is 9.78 Å². The van der Waals surface area contributed by atoms with Crippen LogP contribution in [0, 0.1) is 6.92 Å². The third-order valence-electron chi connectivity index (χ3n) is 5.81. The summed E-state index contributed by atoms with van der Waals surface area (Å²) in [5.41, 5.74) is 5.36. The first-order valence-electron chi connectivity index (χ1n) is 10.5. The maximum Gasteiger partial charge on any atom is 0.339 e. The number of carbonyl (C=O) groups is 2. The van der Waals surface area contributed by atoms with E-state index in [2.05, 4.69) is 22.4 Å². The summed E-state index contributed by atoms with van der Waals surface area (Å²) >= 11 is 0. The SMILES string of the molecule is CCc1nc2ccccc2c(C(=O)OCC(=O)N[C@H]2CCCc3ccccc32)c1C. The predicted octanol–water partition coefficient (Wildman–Crippen LogP) is 4.46. The Bertz CT molecular complexity index is 1110. The van der Waals surface area contributed by atoms with E-state index in [1.807, 2.05) is 50.2 Å². The lowest BCUT2D eigenvalue weighted by Gasteiger charge is -2.26. The molecular formula is C25H26N2O3. The van der Waals surface area contributed by atoms with E-state index in [1.54, 1.807) is 0 Å². The molecule has 0 unspecified atom stereocenters. The van der Waals surface area contributed by atoms with Gasteiger partial charge in [0.15, 0.2) is 6.61 Å². The Morgan fingerprint density at radius 2 is 1.90 bits per heavy atom. The molecule has 0 saturated heterocycles. The molecule has 1 aliphatic carbocycles. The van der Waals surface area contributed by atoms with Crippen LogP contribution < -0.4 is 5.32 Å². The van der Waals surface area contributed by atoms with Gasteiger partial charge >= 0.3 is 5.97 Å². The van der Waals surface area contributed by atoms with Crippen molar-refractivity contribution in [2.24, 2.45) is 0 Å². The first-order chi connectivity index (χ1) is 14.6. The fourth-order valence-corrected chi connectivity index (χ4v) is 4.31. The maximum absolute atomic E-state index is 12.9. The van der Waals surface area contributed by atoms with Gasteiger partial charge in [-0.15, -0.1) is 0 Å². The zero-order valence-corrected chi connectivity index (χ0v) is 17.4. The van der Waals surface area contributed by atoms with Gasteiger partial charge in [0, 0.05) is 11.1 Å². The molecule has 1 heterocycles. The summed E-state index contributed by atoms with van der Waals surface area (Å²) in [5, 5.41) is 3.78. The number of hydrogen-bond donors (Lipinski definition) is 1. The van der Waals surface area contributed by atoms with Crippen molar-refractivity contribution in [3.05, 3.63) is 76.5 Å². The van der Waals surface area contributed by atoms with E-state index in [4.69, 9.17) is 4.74 Å². The van der Waals surface area contributed by atoms with E-state index in [9.17, 15) is 9.59 Å². The van der Waals surface area contributed by atoms with Crippen molar-refractivity contribution in [3.63, 3.8) is 0 Å². The van der Waals surface area contributed by atoms with E-state index < -0.39 is 5.97 Å². The van der Waals surface area contributed by atoms with Gasteiger partial charge in [-0.1, -0.05) is 49.4 Å². The lowest BCUT2D eigenvalue weighted by Crippen LogP contribution is -2.34. The fraction of sp³-hybridized carbons (Fsp3) is 0.320. The van der Waals surface area contributed by atoms with E-state index in [1.165, 1.54) is 5.56 Å². The van der Waals surface area contributed by atoms with Crippen LogP contribution in [0.5, 0.6) is 0 Å². The summed E-state index contributed by atoms with van der Waals surface area (Å²) in [6, 6.07) is 15.7. The number of benzene rings is 2. The van der Waals surface area contributed by atoms with Gasteiger partial charge in [0.2, 0.25) is 0 Å². The molecule has 30 heavy (non-hydrogen) atoms. The van der Waals surface area contributed by atoms with Crippen molar-refractivity contribution >= 4 is 22.8 Å². The number of nitrogens with one attached hydrogen (secondary N) is 1. The van der Waals surface area contributed by atoms with E-state index in [-0.39, 0.29) is 18.6 Å². The minimum absolute atomic E-state index is 0.0312. The largest absolute Gasteiger partial charge is 0.452 e. The average Bonchev–Trinajstić information content (AvgIpc) is 2.77. The number of hydrogen-bond acceptors (Lipinski definition) is 4. The molecule has 5 nitrogen and oxygen atoms in total. The number of fused-ring (bicyclic) bond motifs is 2. The molecule has 0 radical (unpaired) electrons. The number of carbonyl (C=O) groups excluding carboxylic acids is 2. The Balaban J connectivity index is 1.48. The van der Waals surface area contributed by atoms with Gasteiger partial charge in [0.1, 0.15) is 0 Å². The normalized spacial score (nSPS) is 15.5. The second kappa shape index (κ2) is 8.66. The van der Waals surface area contributed by atoms with Gasteiger partial charge in [-0.25, -0.2) is 4.79 Å². The topological polar surface area (TPSA) is 68.3 Å². The third kappa shape index (κ3) is 3.92. The van der Waals surface area contributed by atoms with Gasteiger partial charge in [-0.05, 0) is 55.4 Å². The molecule has 0 fully saturated rings. The van der Waals surface area contributed by atoms with Gasteiger partial charge < -0.3 is 10.1 Å². The van der Waals surface area contributed by atoms with Crippen molar-refractivity contribution in [3.8, 4) is 0 Å². The smallest absolute Gasteiger partial charge is 0.339 e. The highest BCUT2D eigenvalue weighted by atomic mass is 16.5. The highest BCUT2D eigenvalue weighted by Gasteiger charge is 2.23. The molecule has 0 aliphatic heterocycles. The van der Waals surface area contributed by atoms with Gasteiger partial charge in [-0.2, -0.15) is 0 Å². The van der Waals surface area contributed by atoms with Crippen LogP contribution >= 0.6 is 0 Å². The third-order valence-corrected chi connectivity index (χ3v) is 5.81. The monoisotopic (exact) mass is 402 g/mol. The molecule has 0 saturated carbocycles. The second-order valence-electron chi connectivity index (χ2n) is 7.72. The van der Waals surface area contributed by atoms with Gasteiger partial charge in [0.05, 0.1) is 17.1 Å². The highest BCUT2D eigenvalue weighted by molar-refractivity contribution is 6.05. The van der Waals surface area contributed by atoms with Crippen molar-refractivity contribution in [2.75, 3.05) is 6.61 Å². The molecule has 1 aliphatic rings. The molecule has 154 valence electrons. The molecule has 5 heteroatoms. The minimum atomic E-state index is -0.486. The van der Waals surface area contributed by atoms with Gasteiger partial charge in [0.25, 0.3) is 5.91 Å². The number of nitrogens with zero attached hydrogens (tertiary/aromatic N) is 1. The second-order valence-corrected chi connectivity index (χ2v) is 7.72. The summed E-state index contributed by atoms with van der Waals surface area (Å²) in [6.07, 6.45) is 3.68. The van der Waals surface area contributed by atoms with Crippen LogP contribution in [0.3, 0.4) is 0 Å². The molecule has 0 spiro atoms. The number of rotatable bonds is 5. The molecule has 3 aromatic rings. The van der Waals surface area contributed by atoms with Crippen LogP contribution in [0.1, 0.15) is 58.5 Å². The first kappa shape index (κ1) is 20.1. The van der Waals surface area contributed by atoms with Crippen LogP contribution in [-0.4, -0.2) is 23.5 Å². The molecule has 1 amide bonds. The molecule has 2 aromatic carbocycles. The molecule has 1 atom stereocenters. The van der Waals surface area contributed by atoms with Crippen LogP contribution in [-0.2, 0) is 22.4 Å². The molecule has 1 aromatic heterocycles. The summed E-state index contributed by atoms with van der Waals surface area (Å²) in [4.78, 5) is 30.1. The minimum Gasteiger partial charge on any atom is -0.452 e. The van der Waals surface area contributed by atoms with Crippen molar-refractivity contribution in [2.45, 2.75) is 45.6 Å². The molecule has 0 bridgehead atoms. The summed E-state index contributed by atoms with van der Waals surface area (Å²) in [5.74, 6) is -0.767. The highest BCUT2D eigenvalue weighted by Crippen LogP contribution is 2.29. The maximum atomic E-state index is 12.9. The molecular weight excluding hydrogens is 376 g/mol. The molecule has 1 N–H and O–H groups in total. The number of esters is 1. The predicted molar refractivity (Wildman–Crippen MR) is 116 cm³/mol. The lowest BCUT2D eigenvalue weighted by atomic mass is 9.88. The Morgan fingerprint density at radius 3 is 2.73 bits per heavy atom. The summed E-state index contributed by atoms with van der Waals surface area (Å²) in [6.45, 7) is 3.59. The Kier molecular flexibility index (Phi) is 5.79. The average molecular weight is 402 g/mol. The zero-order valence-electron chi connectivity index (χ0n) is 17.4. The summed E-state index contributed by atoms with van der Waals surface area (Å²) < 4.78 is 5.43. The standard InChI is InChI=1S/C25H26N2O3/c1-3-20-16(2)24(19-12-6-7-13-22(19)26-20)25(29)30-15-23(28)27-21-14-8-10-17-9-4-5-11-18(17)21/h4-7,9,11-13,21H,3,8,10,14-15H2,1-2H3,(H,27,28)/t21-/m0/s1. The number of pyridine rings is 1. The number of aryl methyl sites for hydroxylation is 2. The van der Waals surface area contributed by atoms with Crippen LogP contribution in [0.15, 0.2) is 48.5 Å². The number of aromatic nitrogens is 1. The molecule has 4 rings (SSSR count). The van der Waals surface area contributed by atoms with E-state index in [0.717, 1.165) is 53.4 Å².